The highest BCUT2D eigenvalue weighted by Gasteiger charge is 2.45. The zero-order chi connectivity index (χ0) is 12.8. The van der Waals surface area contributed by atoms with Gasteiger partial charge in [-0.15, -0.1) is 0 Å². The van der Waals surface area contributed by atoms with Gasteiger partial charge in [0, 0.05) is 25.4 Å². The van der Waals surface area contributed by atoms with Gasteiger partial charge in [-0.2, -0.15) is 0 Å². The molecule has 0 amide bonds. The van der Waals surface area contributed by atoms with Crippen LogP contribution in [0.4, 0.5) is 4.39 Å². The van der Waals surface area contributed by atoms with Crippen LogP contribution in [0, 0.1) is 11.7 Å². The number of nitrogens with zero attached hydrogens (tertiary/aromatic N) is 1. The van der Waals surface area contributed by atoms with E-state index in [1.165, 1.54) is 0 Å². The van der Waals surface area contributed by atoms with Crippen LogP contribution in [0.1, 0.15) is 18.4 Å². The van der Waals surface area contributed by atoms with Gasteiger partial charge < -0.3 is 10.0 Å². The summed E-state index contributed by atoms with van der Waals surface area (Å²) in [6, 6.07) is 5.01. The summed E-state index contributed by atoms with van der Waals surface area (Å²) in [4.78, 5) is 2.37. The van der Waals surface area contributed by atoms with Crippen molar-refractivity contribution >= 4 is 11.6 Å². The molecule has 4 heteroatoms. The quantitative estimate of drug-likeness (QED) is 0.892. The summed E-state index contributed by atoms with van der Waals surface area (Å²) in [6.07, 6.45) is 2.11. The largest absolute Gasteiger partial charge is 0.389 e. The van der Waals surface area contributed by atoms with Gasteiger partial charge in [0.2, 0.25) is 0 Å². The summed E-state index contributed by atoms with van der Waals surface area (Å²) in [5.41, 5.74) is -0.233. The molecular weight excluding hydrogens is 253 g/mol. The fourth-order valence-corrected chi connectivity index (χ4v) is 3.47. The van der Waals surface area contributed by atoms with Gasteiger partial charge in [-0.25, -0.2) is 4.39 Å². The van der Waals surface area contributed by atoms with Crippen LogP contribution in [0.15, 0.2) is 18.2 Å². The SMILES string of the molecule is OC1(Cc2cccc(Cl)c2F)CCN2CCC1C2. The van der Waals surface area contributed by atoms with Gasteiger partial charge in [0.25, 0.3) is 0 Å². The van der Waals surface area contributed by atoms with Crippen LogP contribution in [0.2, 0.25) is 5.02 Å². The van der Waals surface area contributed by atoms with Crippen molar-refractivity contribution in [2.24, 2.45) is 5.92 Å². The van der Waals surface area contributed by atoms with Gasteiger partial charge in [0.15, 0.2) is 0 Å². The fraction of sp³-hybridized carbons (Fsp3) is 0.571. The summed E-state index contributed by atoms with van der Waals surface area (Å²) >= 11 is 5.79. The maximum absolute atomic E-state index is 13.9. The van der Waals surface area contributed by atoms with Gasteiger partial charge >= 0.3 is 0 Å². The molecule has 0 aromatic heterocycles. The molecule has 2 aliphatic rings. The molecule has 2 nitrogen and oxygen atoms in total. The molecule has 2 fully saturated rings. The first-order valence-corrected chi connectivity index (χ1v) is 6.84. The van der Waals surface area contributed by atoms with Crippen molar-refractivity contribution in [3.63, 3.8) is 0 Å². The van der Waals surface area contributed by atoms with E-state index in [0.29, 0.717) is 12.0 Å². The van der Waals surface area contributed by atoms with E-state index in [2.05, 4.69) is 4.90 Å². The highest BCUT2D eigenvalue weighted by atomic mass is 35.5. The van der Waals surface area contributed by atoms with E-state index in [-0.39, 0.29) is 16.8 Å². The minimum absolute atomic E-state index is 0.139. The Morgan fingerprint density at radius 1 is 1.44 bits per heavy atom. The first kappa shape index (κ1) is 12.4. The summed E-state index contributed by atoms with van der Waals surface area (Å²) in [6.45, 7) is 2.92. The number of benzene rings is 1. The van der Waals surface area contributed by atoms with Gasteiger partial charge in [-0.05, 0) is 31.0 Å². The first-order chi connectivity index (χ1) is 8.58. The Balaban J connectivity index is 1.85. The van der Waals surface area contributed by atoms with Crippen LogP contribution in [0.3, 0.4) is 0 Å². The molecule has 1 aromatic rings. The molecule has 0 saturated carbocycles. The molecule has 0 radical (unpaired) electrons. The van der Waals surface area contributed by atoms with E-state index in [0.717, 1.165) is 32.5 Å². The van der Waals surface area contributed by atoms with Crippen molar-refractivity contribution in [1.29, 1.82) is 0 Å². The van der Waals surface area contributed by atoms with Crippen LogP contribution in [-0.2, 0) is 6.42 Å². The third-order valence-electron chi connectivity index (χ3n) is 4.42. The topological polar surface area (TPSA) is 23.5 Å². The Morgan fingerprint density at radius 3 is 3.11 bits per heavy atom. The monoisotopic (exact) mass is 269 g/mol. The van der Waals surface area contributed by atoms with Crippen molar-refractivity contribution in [3.8, 4) is 0 Å². The van der Waals surface area contributed by atoms with Crippen molar-refractivity contribution in [2.45, 2.75) is 24.9 Å². The smallest absolute Gasteiger partial charge is 0.145 e. The number of piperidine rings is 1. The van der Waals surface area contributed by atoms with Crippen LogP contribution in [0.5, 0.6) is 0 Å². The Hall–Kier alpha value is -0.640. The average molecular weight is 270 g/mol. The van der Waals surface area contributed by atoms with Gasteiger partial charge in [-0.1, -0.05) is 23.7 Å². The molecule has 1 N–H and O–H groups in total. The maximum atomic E-state index is 13.9. The third kappa shape index (κ3) is 2.04. The lowest BCUT2D eigenvalue weighted by Crippen LogP contribution is -2.48. The lowest BCUT2D eigenvalue weighted by atomic mass is 9.78. The maximum Gasteiger partial charge on any atom is 0.145 e. The molecule has 2 saturated heterocycles. The van der Waals surface area contributed by atoms with E-state index >= 15 is 0 Å². The molecule has 3 rings (SSSR count). The van der Waals surface area contributed by atoms with Crippen molar-refractivity contribution in [2.75, 3.05) is 19.6 Å². The second kappa shape index (κ2) is 4.48. The number of rotatable bonds is 2. The highest BCUT2D eigenvalue weighted by molar-refractivity contribution is 6.30. The molecule has 18 heavy (non-hydrogen) atoms. The lowest BCUT2D eigenvalue weighted by molar-refractivity contribution is -0.0444. The molecule has 3 atom stereocenters. The lowest BCUT2D eigenvalue weighted by Gasteiger charge is -2.39. The summed E-state index contributed by atoms with van der Waals surface area (Å²) in [5, 5.41) is 10.9. The normalized spacial score (nSPS) is 34.8. The molecule has 1 aromatic carbocycles. The fourth-order valence-electron chi connectivity index (χ4n) is 3.28. The number of hydrogen-bond donors (Lipinski definition) is 1. The summed E-state index contributed by atoms with van der Waals surface area (Å²) in [7, 11) is 0. The molecule has 0 spiro atoms. The van der Waals surface area contributed by atoms with Gasteiger partial charge in [-0.3, -0.25) is 0 Å². The Kier molecular flexibility index (Phi) is 3.08. The van der Waals surface area contributed by atoms with Crippen LogP contribution in [0.25, 0.3) is 0 Å². The van der Waals surface area contributed by atoms with Crippen molar-refractivity contribution < 1.29 is 9.50 Å². The second-order valence-corrected chi connectivity index (χ2v) is 5.94. The van der Waals surface area contributed by atoms with Crippen LogP contribution >= 0.6 is 11.6 Å². The number of hydrogen-bond acceptors (Lipinski definition) is 2. The summed E-state index contributed by atoms with van der Waals surface area (Å²) in [5.74, 6) is -0.113. The van der Waals surface area contributed by atoms with Gasteiger partial charge in [0.05, 0.1) is 10.6 Å². The summed E-state index contributed by atoms with van der Waals surface area (Å²) < 4.78 is 13.9. The highest BCUT2D eigenvalue weighted by Crippen LogP contribution is 2.38. The molecule has 2 aliphatic heterocycles. The molecular formula is C14H17ClFNO. The minimum atomic E-state index is -0.765. The Bertz CT molecular complexity index is 467. The minimum Gasteiger partial charge on any atom is -0.389 e. The predicted molar refractivity (Wildman–Crippen MR) is 69.2 cm³/mol. The van der Waals surface area contributed by atoms with Crippen LogP contribution in [-0.4, -0.2) is 35.2 Å². The van der Waals surface area contributed by atoms with E-state index in [1.54, 1.807) is 18.2 Å². The number of fused-ring (bicyclic) bond motifs is 2. The first-order valence-electron chi connectivity index (χ1n) is 6.46. The average Bonchev–Trinajstić information content (AvgIpc) is 2.77. The van der Waals surface area contributed by atoms with E-state index in [1.807, 2.05) is 0 Å². The number of halogens is 2. The molecule has 0 aliphatic carbocycles. The second-order valence-electron chi connectivity index (χ2n) is 5.53. The Labute approximate surface area is 111 Å². The standard InChI is InChI=1S/C14H17ClFNO/c15-12-3-1-2-10(13(12)16)8-14(18)5-7-17-6-4-11(14)9-17/h1-3,11,18H,4-9H2. The van der Waals surface area contributed by atoms with E-state index in [4.69, 9.17) is 11.6 Å². The number of aliphatic hydroxyl groups is 1. The molecule has 2 bridgehead atoms. The van der Waals surface area contributed by atoms with Crippen LogP contribution < -0.4 is 0 Å². The zero-order valence-corrected chi connectivity index (χ0v) is 11.0. The Morgan fingerprint density at radius 2 is 2.28 bits per heavy atom. The van der Waals surface area contributed by atoms with Gasteiger partial charge in [0.1, 0.15) is 5.82 Å². The zero-order valence-electron chi connectivity index (χ0n) is 10.2. The molecule has 98 valence electrons. The predicted octanol–water partition coefficient (Wildman–Crippen LogP) is 2.48. The van der Waals surface area contributed by atoms with E-state index in [9.17, 15) is 9.50 Å². The third-order valence-corrected chi connectivity index (χ3v) is 4.71. The van der Waals surface area contributed by atoms with Crippen molar-refractivity contribution in [1.82, 2.24) is 4.90 Å². The molecule has 2 heterocycles. The molecule has 3 unspecified atom stereocenters. The van der Waals surface area contributed by atoms with E-state index < -0.39 is 5.60 Å². The van der Waals surface area contributed by atoms with Crippen molar-refractivity contribution in [3.05, 3.63) is 34.6 Å².